The van der Waals surface area contributed by atoms with Crippen molar-refractivity contribution in [2.24, 2.45) is 0 Å². The molecule has 0 bridgehead atoms. The van der Waals surface area contributed by atoms with Crippen LogP contribution in [0.5, 0.6) is 11.6 Å². The molecule has 0 fully saturated rings. The van der Waals surface area contributed by atoms with Gasteiger partial charge in [-0.15, -0.1) is 0 Å². The number of aryl methyl sites for hydroxylation is 1. The Morgan fingerprint density at radius 3 is 2.78 bits per heavy atom. The lowest BCUT2D eigenvalue weighted by molar-refractivity contribution is -0.384. The zero-order valence-corrected chi connectivity index (χ0v) is 9.66. The number of aromatic nitrogens is 1. The van der Waals surface area contributed by atoms with Crippen LogP contribution in [0.15, 0.2) is 36.4 Å². The van der Waals surface area contributed by atoms with Crippen molar-refractivity contribution in [2.45, 2.75) is 6.92 Å². The summed E-state index contributed by atoms with van der Waals surface area (Å²) in [4.78, 5) is 14.2. The summed E-state index contributed by atoms with van der Waals surface area (Å²) in [6, 6.07) is 9.38. The molecule has 0 saturated heterocycles. The van der Waals surface area contributed by atoms with Crippen LogP contribution in [0.3, 0.4) is 0 Å². The number of hydrogen-bond donors (Lipinski definition) is 1. The van der Waals surface area contributed by atoms with Crippen LogP contribution in [-0.2, 0) is 0 Å². The van der Waals surface area contributed by atoms with E-state index in [4.69, 9.17) is 10.5 Å². The number of nitro benzene ring substituents is 1. The van der Waals surface area contributed by atoms with Gasteiger partial charge in [-0.1, -0.05) is 6.07 Å². The van der Waals surface area contributed by atoms with Gasteiger partial charge in [-0.3, -0.25) is 10.1 Å². The summed E-state index contributed by atoms with van der Waals surface area (Å²) in [6.07, 6.45) is 0. The van der Waals surface area contributed by atoms with Crippen molar-refractivity contribution in [3.8, 4) is 11.6 Å². The highest BCUT2D eigenvalue weighted by molar-refractivity contribution is 5.45. The fourth-order valence-electron chi connectivity index (χ4n) is 1.41. The Morgan fingerprint density at radius 1 is 1.33 bits per heavy atom. The molecule has 1 aromatic carbocycles. The van der Waals surface area contributed by atoms with Crippen molar-refractivity contribution in [3.63, 3.8) is 0 Å². The third-order valence-electron chi connectivity index (χ3n) is 2.34. The van der Waals surface area contributed by atoms with Gasteiger partial charge < -0.3 is 10.5 Å². The molecule has 0 radical (unpaired) electrons. The maximum absolute atomic E-state index is 10.7. The molecule has 2 N–H and O–H groups in total. The normalized spacial score (nSPS) is 10.1. The molecular formula is C12H11N3O3. The number of ether oxygens (including phenoxy) is 1. The van der Waals surface area contributed by atoms with E-state index in [0.717, 1.165) is 5.56 Å². The van der Waals surface area contributed by atoms with Crippen molar-refractivity contribution < 1.29 is 9.66 Å². The number of nitrogens with zero attached hydrogens (tertiary/aromatic N) is 2. The van der Waals surface area contributed by atoms with Crippen molar-refractivity contribution in [2.75, 3.05) is 5.73 Å². The van der Waals surface area contributed by atoms with Gasteiger partial charge in [0.25, 0.3) is 5.69 Å². The van der Waals surface area contributed by atoms with Crippen LogP contribution < -0.4 is 10.5 Å². The van der Waals surface area contributed by atoms with Crippen LogP contribution in [0.1, 0.15) is 5.56 Å². The molecular weight excluding hydrogens is 234 g/mol. The molecule has 6 nitrogen and oxygen atoms in total. The van der Waals surface area contributed by atoms with Crippen LogP contribution in [0.25, 0.3) is 0 Å². The van der Waals surface area contributed by atoms with E-state index < -0.39 is 4.92 Å². The minimum Gasteiger partial charge on any atom is -0.438 e. The summed E-state index contributed by atoms with van der Waals surface area (Å²) < 4.78 is 5.49. The average Bonchev–Trinajstić information content (AvgIpc) is 2.31. The Labute approximate surface area is 103 Å². The lowest BCUT2D eigenvalue weighted by Gasteiger charge is -2.07. The second-order valence-corrected chi connectivity index (χ2v) is 3.71. The fourth-order valence-corrected chi connectivity index (χ4v) is 1.41. The summed E-state index contributed by atoms with van der Waals surface area (Å²) in [5.41, 5.74) is 6.28. The highest BCUT2D eigenvalue weighted by atomic mass is 16.6. The molecule has 2 rings (SSSR count). The standard InChI is InChI=1S/C12H11N3O3/c1-8-5-6-9(15(16)17)7-10(8)18-12-4-2-3-11(13)14-12/h2-7H,1H3,(H2,13,14). The number of benzene rings is 1. The van der Waals surface area contributed by atoms with E-state index in [1.807, 2.05) is 0 Å². The molecule has 0 unspecified atom stereocenters. The van der Waals surface area contributed by atoms with E-state index in [0.29, 0.717) is 17.4 Å². The topological polar surface area (TPSA) is 91.3 Å². The van der Waals surface area contributed by atoms with E-state index >= 15 is 0 Å². The Balaban J connectivity index is 2.33. The smallest absolute Gasteiger partial charge is 0.273 e. The minimum atomic E-state index is -0.473. The number of non-ortho nitro benzene ring substituents is 1. The average molecular weight is 245 g/mol. The molecule has 0 aliphatic heterocycles. The SMILES string of the molecule is Cc1ccc([N+](=O)[O-])cc1Oc1cccc(N)n1. The summed E-state index contributed by atoms with van der Waals surface area (Å²) in [5, 5.41) is 10.7. The number of nitrogen functional groups attached to an aromatic ring is 1. The summed E-state index contributed by atoms with van der Waals surface area (Å²) in [7, 11) is 0. The molecule has 0 atom stereocenters. The van der Waals surface area contributed by atoms with Crippen LogP contribution in [-0.4, -0.2) is 9.91 Å². The first-order valence-corrected chi connectivity index (χ1v) is 5.21. The number of rotatable bonds is 3. The van der Waals surface area contributed by atoms with E-state index in [1.54, 1.807) is 31.2 Å². The monoisotopic (exact) mass is 245 g/mol. The number of nitrogens with two attached hydrogens (primary N) is 1. The van der Waals surface area contributed by atoms with Crippen molar-refractivity contribution >= 4 is 11.5 Å². The molecule has 0 saturated carbocycles. The van der Waals surface area contributed by atoms with Crippen molar-refractivity contribution in [1.29, 1.82) is 0 Å². The van der Waals surface area contributed by atoms with Crippen molar-refractivity contribution in [3.05, 3.63) is 52.1 Å². The predicted octanol–water partition coefficient (Wildman–Crippen LogP) is 2.67. The van der Waals surface area contributed by atoms with E-state index in [9.17, 15) is 10.1 Å². The van der Waals surface area contributed by atoms with Gasteiger partial charge in [0.2, 0.25) is 5.88 Å². The Morgan fingerprint density at radius 2 is 2.11 bits per heavy atom. The summed E-state index contributed by atoms with van der Waals surface area (Å²) >= 11 is 0. The first kappa shape index (κ1) is 11.8. The van der Waals surface area contributed by atoms with Gasteiger partial charge in [-0.05, 0) is 24.6 Å². The van der Waals surface area contributed by atoms with E-state index in [2.05, 4.69) is 4.98 Å². The van der Waals surface area contributed by atoms with Gasteiger partial charge >= 0.3 is 0 Å². The quantitative estimate of drug-likeness (QED) is 0.663. The molecule has 6 heteroatoms. The van der Waals surface area contributed by atoms with Gasteiger partial charge in [0, 0.05) is 12.1 Å². The zero-order chi connectivity index (χ0) is 13.1. The van der Waals surface area contributed by atoms with Gasteiger partial charge in [0.15, 0.2) is 0 Å². The van der Waals surface area contributed by atoms with Crippen molar-refractivity contribution in [1.82, 2.24) is 4.98 Å². The highest BCUT2D eigenvalue weighted by Crippen LogP contribution is 2.28. The number of pyridine rings is 1. The third-order valence-corrected chi connectivity index (χ3v) is 2.34. The highest BCUT2D eigenvalue weighted by Gasteiger charge is 2.10. The van der Waals surface area contributed by atoms with Crippen LogP contribution in [0.4, 0.5) is 11.5 Å². The molecule has 92 valence electrons. The van der Waals surface area contributed by atoms with Crippen LogP contribution >= 0.6 is 0 Å². The largest absolute Gasteiger partial charge is 0.438 e. The first-order valence-electron chi connectivity index (χ1n) is 5.21. The van der Waals surface area contributed by atoms with E-state index in [-0.39, 0.29) is 5.69 Å². The molecule has 2 aromatic rings. The number of anilines is 1. The lowest BCUT2D eigenvalue weighted by Crippen LogP contribution is -1.95. The van der Waals surface area contributed by atoms with Crippen LogP contribution in [0.2, 0.25) is 0 Å². The maximum Gasteiger partial charge on any atom is 0.273 e. The van der Waals surface area contributed by atoms with Gasteiger partial charge in [-0.2, -0.15) is 4.98 Å². The molecule has 1 heterocycles. The third kappa shape index (κ3) is 2.54. The molecule has 18 heavy (non-hydrogen) atoms. The van der Waals surface area contributed by atoms with E-state index in [1.165, 1.54) is 12.1 Å². The first-order chi connectivity index (χ1) is 8.56. The fraction of sp³-hybridized carbons (Fsp3) is 0.0833. The van der Waals surface area contributed by atoms with Crippen LogP contribution in [0, 0.1) is 17.0 Å². The number of hydrogen-bond acceptors (Lipinski definition) is 5. The molecule has 1 aromatic heterocycles. The second-order valence-electron chi connectivity index (χ2n) is 3.71. The van der Waals surface area contributed by atoms with Gasteiger partial charge in [0.1, 0.15) is 11.6 Å². The number of nitro groups is 1. The molecule has 0 spiro atoms. The molecule has 0 amide bonds. The Kier molecular flexibility index (Phi) is 3.09. The predicted molar refractivity (Wildman–Crippen MR) is 66.6 cm³/mol. The summed E-state index contributed by atoms with van der Waals surface area (Å²) in [6.45, 7) is 1.80. The zero-order valence-electron chi connectivity index (χ0n) is 9.66. The van der Waals surface area contributed by atoms with Gasteiger partial charge in [-0.25, -0.2) is 0 Å². The molecule has 0 aliphatic rings. The minimum absolute atomic E-state index is 0.0282. The molecule has 0 aliphatic carbocycles. The maximum atomic E-state index is 10.7. The lowest BCUT2D eigenvalue weighted by atomic mass is 10.2. The second kappa shape index (κ2) is 4.70. The van der Waals surface area contributed by atoms with Gasteiger partial charge in [0.05, 0.1) is 11.0 Å². The Bertz CT molecular complexity index is 599. The Hall–Kier alpha value is -2.63. The summed E-state index contributed by atoms with van der Waals surface area (Å²) in [5.74, 6) is 1.02.